The predicted molar refractivity (Wildman–Crippen MR) is 86.6 cm³/mol. The monoisotopic (exact) mass is 333 g/mol. The zero-order chi connectivity index (χ0) is 17.5. The maximum atomic E-state index is 12.3. The SMILES string of the molecule is NNC=Nc1cccc(C(=O)NC2CCN(CCC(=O)O)C2=O)c1. The van der Waals surface area contributed by atoms with E-state index in [4.69, 9.17) is 10.9 Å². The van der Waals surface area contributed by atoms with Crippen LogP contribution in [0.15, 0.2) is 29.3 Å². The topological polar surface area (TPSA) is 137 Å². The lowest BCUT2D eigenvalue weighted by atomic mass is 10.1. The molecule has 1 aliphatic rings. The second kappa shape index (κ2) is 8.06. The zero-order valence-electron chi connectivity index (χ0n) is 12.9. The Hall–Kier alpha value is -2.94. The molecule has 1 saturated heterocycles. The Labute approximate surface area is 138 Å². The fourth-order valence-corrected chi connectivity index (χ4v) is 2.41. The van der Waals surface area contributed by atoms with E-state index in [9.17, 15) is 14.4 Å². The van der Waals surface area contributed by atoms with Crippen LogP contribution >= 0.6 is 0 Å². The third-order valence-electron chi connectivity index (χ3n) is 3.59. The second-order valence-corrected chi connectivity index (χ2v) is 5.26. The van der Waals surface area contributed by atoms with Gasteiger partial charge in [-0.25, -0.2) is 10.8 Å². The van der Waals surface area contributed by atoms with Gasteiger partial charge in [0.2, 0.25) is 5.91 Å². The first kappa shape index (κ1) is 17.4. The summed E-state index contributed by atoms with van der Waals surface area (Å²) >= 11 is 0. The van der Waals surface area contributed by atoms with E-state index in [1.54, 1.807) is 24.3 Å². The summed E-state index contributed by atoms with van der Waals surface area (Å²) in [7, 11) is 0. The van der Waals surface area contributed by atoms with E-state index in [0.717, 1.165) is 0 Å². The number of nitrogens with two attached hydrogens (primary N) is 1. The number of nitrogens with one attached hydrogen (secondary N) is 2. The Morgan fingerprint density at radius 2 is 2.25 bits per heavy atom. The van der Waals surface area contributed by atoms with Gasteiger partial charge in [0.1, 0.15) is 12.4 Å². The van der Waals surface area contributed by atoms with Crippen LogP contribution in [0, 0.1) is 0 Å². The van der Waals surface area contributed by atoms with Crippen LogP contribution in [-0.4, -0.2) is 53.3 Å². The molecule has 1 heterocycles. The number of carbonyl (C=O) groups excluding carboxylic acids is 2. The maximum Gasteiger partial charge on any atom is 0.305 e. The molecular formula is C15H19N5O4. The summed E-state index contributed by atoms with van der Waals surface area (Å²) < 4.78 is 0. The highest BCUT2D eigenvalue weighted by molar-refractivity contribution is 5.98. The predicted octanol–water partition coefficient (Wildman–Crippen LogP) is -0.385. The number of rotatable bonds is 7. The largest absolute Gasteiger partial charge is 0.481 e. The van der Waals surface area contributed by atoms with Gasteiger partial charge in [0.15, 0.2) is 0 Å². The molecule has 1 unspecified atom stereocenters. The molecule has 2 amide bonds. The quantitative estimate of drug-likeness (QED) is 0.232. The van der Waals surface area contributed by atoms with Crippen LogP contribution in [0.25, 0.3) is 0 Å². The summed E-state index contributed by atoms with van der Waals surface area (Å²) in [6.07, 6.45) is 1.64. The van der Waals surface area contributed by atoms with Gasteiger partial charge >= 0.3 is 5.97 Å². The van der Waals surface area contributed by atoms with Crippen molar-refractivity contribution in [3.63, 3.8) is 0 Å². The average molecular weight is 333 g/mol. The van der Waals surface area contributed by atoms with Gasteiger partial charge in [-0.1, -0.05) is 6.07 Å². The number of hydrogen-bond donors (Lipinski definition) is 4. The first-order valence-electron chi connectivity index (χ1n) is 7.41. The number of nitrogens with zero attached hydrogens (tertiary/aromatic N) is 2. The number of hydrazine groups is 1. The molecule has 0 aliphatic carbocycles. The highest BCUT2D eigenvalue weighted by Crippen LogP contribution is 2.16. The van der Waals surface area contributed by atoms with Crippen LogP contribution in [0.3, 0.4) is 0 Å². The lowest BCUT2D eigenvalue weighted by Crippen LogP contribution is -2.41. The molecule has 5 N–H and O–H groups in total. The van der Waals surface area contributed by atoms with Crippen LogP contribution in [0.2, 0.25) is 0 Å². The molecule has 9 nitrogen and oxygen atoms in total. The van der Waals surface area contributed by atoms with Crippen molar-refractivity contribution in [2.24, 2.45) is 10.8 Å². The Morgan fingerprint density at radius 3 is 2.96 bits per heavy atom. The first-order chi connectivity index (χ1) is 11.5. The summed E-state index contributed by atoms with van der Waals surface area (Å²) in [6, 6.07) is 5.94. The lowest BCUT2D eigenvalue weighted by Gasteiger charge is -2.16. The highest BCUT2D eigenvalue weighted by Gasteiger charge is 2.32. The van der Waals surface area contributed by atoms with E-state index in [2.05, 4.69) is 15.7 Å². The Morgan fingerprint density at radius 1 is 1.46 bits per heavy atom. The molecule has 1 aromatic rings. The molecule has 0 aromatic heterocycles. The smallest absolute Gasteiger partial charge is 0.305 e. The van der Waals surface area contributed by atoms with Gasteiger partial charge in [-0.15, -0.1) is 0 Å². The number of carboxylic acids is 1. The zero-order valence-corrected chi connectivity index (χ0v) is 12.9. The van der Waals surface area contributed by atoms with Gasteiger partial charge in [0.05, 0.1) is 12.1 Å². The molecule has 9 heteroatoms. The van der Waals surface area contributed by atoms with Crippen LogP contribution in [0.4, 0.5) is 5.69 Å². The molecule has 24 heavy (non-hydrogen) atoms. The third kappa shape index (κ3) is 4.53. The van der Waals surface area contributed by atoms with Crippen LogP contribution < -0.4 is 16.6 Å². The van der Waals surface area contributed by atoms with Crippen molar-refractivity contribution in [1.29, 1.82) is 0 Å². The van der Waals surface area contributed by atoms with Crippen molar-refractivity contribution in [3.8, 4) is 0 Å². The van der Waals surface area contributed by atoms with Gasteiger partial charge < -0.3 is 20.7 Å². The number of carboxylic acid groups (broad SMARTS) is 1. The fraction of sp³-hybridized carbons (Fsp3) is 0.333. The third-order valence-corrected chi connectivity index (χ3v) is 3.59. The molecule has 1 atom stereocenters. The Kier molecular flexibility index (Phi) is 5.85. The van der Waals surface area contributed by atoms with E-state index < -0.39 is 12.0 Å². The Balaban J connectivity index is 1.96. The number of amides is 2. The van der Waals surface area contributed by atoms with Crippen LogP contribution in [0.1, 0.15) is 23.2 Å². The standard InChI is InChI=1S/C15H19N5O4/c16-18-9-17-11-3-1-2-10(8-11)14(23)19-12-4-6-20(15(12)24)7-5-13(21)22/h1-3,8-9,12H,4-7,16H2,(H,17,18)(H,19,23)(H,21,22). The van der Waals surface area contributed by atoms with Gasteiger partial charge in [-0.3, -0.25) is 14.4 Å². The van der Waals surface area contributed by atoms with E-state index in [-0.39, 0.29) is 24.8 Å². The van der Waals surface area contributed by atoms with Gasteiger partial charge in [-0.2, -0.15) is 0 Å². The average Bonchev–Trinajstić information content (AvgIpc) is 2.91. The highest BCUT2D eigenvalue weighted by atomic mass is 16.4. The Bertz CT molecular complexity index is 661. The number of hydrogen-bond acceptors (Lipinski definition) is 5. The molecular weight excluding hydrogens is 314 g/mol. The summed E-state index contributed by atoms with van der Waals surface area (Å²) in [5, 5.41) is 11.4. The lowest BCUT2D eigenvalue weighted by molar-refractivity contribution is -0.138. The molecule has 2 rings (SSSR count). The van der Waals surface area contributed by atoms with Crippen molar-refractivity contribution in [2.75, 3.05) is 13.1 Å². The van der Waals surface area contributed by atoms with Gasteiger partial charge in [0, 0.05) is 18.7 Å². The summed E-state index contributed by atoms with van der Waals surface area (Å²) in [5.41, 5.74) is 3.19. The molecule has 128 valence electrons. The molecule has 0 saturated carbocycles. The summed E-state index contributed by atoms with van der Waals surface area (Å²) in [5.74, 6) is 3.50. The van der Waals surface area contributed by atoms with Crippen molar-refractivity contribution >= 4 is 29.8 Å². The summed E-state index contributed by atoms with van der Waals surface area (Å²) in [6.45, 7) is 0.584. The van der Waals surface area contributed by atoms with E-state index in [0.29, 0.717) is 24.2 Å². The van der Waals surface area contributed by atoms with Crippen molar-refractivity contribution < 1.29 is 19.5 Å². The van der Waals surface area contributed by atoms with Crippen molar-refractivity contribution in [3.05, 3.63) is 29.8 Å². The van der Waals surface area contributed by atoms with E-state index in [1.807, 2.05) is 0 Å². The van der Waals surface area contributed by atoms with E-state index in [1.165, 1.54) is 11.2 Å². The minimum absolute atomic E-state index is 0.109. The molecule has 1 aliphatic heterocycles. The maximum absolute atomic E-state index is 12.3. The number of aliphatic imine (C=N–C) groups is 1. The molecule has 1 aromatic carbocycles. The normalized spacial score (nSPS) is 17.3. The van der Waals surface area contributed by atoms with E-state index >= 15 is 0 Å². The van der Waals surface area contributed by atoms with Gasteiger partial charge in [0.25, 0.3) is 5.91 Å². The minimum Gasteiger partial charge on any atom is -0.481 e. The van der Waals surface area contributed by atoms with Crippen LogP contribution in [-0.2, 0) is 9.59 Å². The van der Waals surface area contributed by atoms with Crippen LogP contribution in [0.5, 0.6) is 0 Å². The number of aliphatic carboxylic acids is 1. The molecule has 1 fully saturated rings. The van der Waals surface area contributed by atoms with Crippen molar-refractivity contribution in [1.82, 2.24) is 15.6 Å². The summed E-state index contributed by atoms with van der Waals surface area (Å²) in [4.78, 5) is 40.5. The second-order valence-electron chi connectivity index (χ2n) is 5.26. The number of benzene rings is 1. The van der Waals surface area contributed by atoms with Gasteiger partial charge in [-0.05, 0) is 24.6 Å². The number of likely N-dealkylation sites (tertiary alicyclic amines) is 1. The fourth-order valence-electron chi connectivity index (χ4n) is 2.41. The molecule has 0 spiro atoms. The molecule has 0 radical (unpaired) electrons. The molecule has 0 bridgehead atoms. The first-order valence-corrected chi connectivity index (χ1v) is 7.41. The van der Waals surface area contributed by atoms with Crippen molar-refractivity contribution in [2.45, 2.75) is 18.9 Å². The number of carbonyl (C=O) groups is 3. The minimum atomic E-state index is -0.959.